The van der Waals surface area contributed by atoms with Crippen molar-refractivity contribution >= 4 is 21.9 Å². The minimum atomic E-state index is -3.90. The molecule has 1 unspecified atom stereocenters. The van der Waals surface area contributed by atoms with Gasteiger partial charge in [0, 0.05) is 25.8 Å². The number of hydrogen-bond donors (Lipinski definition) is 3. The van der Waals surface area contributed by atoms with Crippen LogP contribution < -0.4 is 16.4 Å². The number of amides is 1. The number of benzene rings is 3. The third kappa shape index (κ3) is 13.4. The van der Waals surface area contributed by atoms with Gasteiger partial charge in [-0.15, -0.1) is 0 Å². The molecule has 0 spiro atoms. The molecule has 0 saturated carbocycles. The molecule has 0 aromatic heterocycles. The van der Waals surface area contributed by atoms with Crippen LogP contribution in [0.5, 0.6) is 0 Å². The van der Waals surface area contributed by atoms with Gasteiger partial charge in [0.15, 0.2) is 9.84 Å². The summed E-state index contributed by atoms with van der Waals surface area (Å²) < 4.78 is 72.0. The Kier molecular flexibility index (Phi) is 16.8. The predicted octanol–water partition coefficient (Wildman–Crippen LogP) is 5.40. The number of halogens is 2. The van der Waals surface area contributed by atoms with Gasteiger partial charge in [0.05, 0.1) is 23.7 Å². The zero-order valence-corrected chi connectivity index (χ0v) is 29.7. The van der Waals surface area contributed by atoms with Crippen molar-refractivity contribution in [3.05, 3.63) is 107 Å². The Balaban J connectivity index is 1.90. The van der Waals surface area contributed by atoms with E-state index < -0.39 is 62.7 Å². The lowest BCUT2D eigenvalue weighted by Crippen LogP contribution is -2.52. The number of carbonyl (C=O) groups is 2. The number of sulfone groups is 1. The molecule has 0 radical (unpaired) electrons. The van der Waals surface area contributed by atoms with E-state index in [1.807, 2.05) is 50.2 Å². The number of esters is 1. The van der Waals surface area contributed by atoms with Crippen LogP contribution in [0.4, 0.5) is 13.6 Å². The summed E-state index contributed by atoms with van der Waals surface area (Å²) in [5, 5.41) is 4.97. The lowest BCUT2D eigenvalue weighted by atomic mass is 10.0. The van der Waals surface area contributed by atoms with Gasteiger partial charge in [-0.25, -0.2) is 26.8 Å². The van der Waals surface area contributed by atoms with Crippen LogP contribution in [-0.4, -0.2) is 69.9 Å². The summed E-state index contributed by atoms with van der Waals surface area (Å²) in [7, 11) is -2.37. The molecule has 13 heteroatoms. The van der Waals surface area contributed by atoms with E-state index in [0.717, 1.165) is 23.8 Å². The highest BCUT2D eigenvalue weighted by molar-refractivity contribution is 7.92. The lowest BCUT2D eigenvalue weighted by molar-refractivity contribution is -0.152. The fourth-order valence-corrected chi connectivity index (χ4v) is 7.76. The van der Waals surface area contributed by atoms with Gasteiger partial charge in [0.25, 0.3) is 0 Å². The summed E-state index contributed by atoms with van der Waals surface area (Å²) in [6.45, 7) is 3.84. The van der Waals surface area contributed by atoms with E-state index in [2.05, 4.69) is 10.6 Å². The van der Waals surface area contributed by atoms with Gasteiger partial charge in [-0.05, 0) is 48.1 Å². The molecule has 0 aliphatic carbocycles. The van der Waals surface area contributed by atoms with E-state index in [1.54, 1.807) is 24.3 Å². The molecule has 0 saturated heterocycles. The van der Waals surface area contributed by atoms with Gasteiger partial charge >= 0.3 is 12.1 Å². The van der Waals surface area contributed by atoms with Crippen LogP contribution in [0.25, 0.3) is 0 Å². The standard InChI is InChI=1S/C37H49F2N3O7S/c1-4-12-31(13-5-2)50(45,46)25-34(42-37(44)48-23-26-14-8-6-9-15-26)36(43)49-35(32(40)20-27-18-29(38)21-30(39)19-27)22-41-33(24-47-3)28-16-10-7-11-17-28/h6-11,14-19,21,31-35,41H,4-5,12-13,20,22-25,40H2,1-3H3,(H,42,44)/t32-,33?,34+,35+/m0/s1. The van der Waals surface area contributed by atoms with Gasteiger partial charge in [0.2, 0.25) is 0 Å². The van der Waals surface area contributed by atoms with Gasteiger partial charge in [-0.3, -0.25) is 0 Å². The highest BCUT2D eigenvalue weighted by Crippen LogP contribution is 2.19. The van der Waals surface area contributed by atoms with Crippen molar-refractivity contribution in [2.75, 3.05) is 26.0 Å². The van der Waals surface area contributed by atoms with Crippen molar-refractivity contribution in [1.82, 2.24) is 10.6 Å². The Hall–Kier alpha value is -3.91. The fraction of sp³-hybridized carbons (Fsp3) is 0.459. The van der Waals surface area contributed by atoms with Crippen molar-refractivity contribution in [3.63, 3.8) is 0 Å². The lowest BCUT2D eigenvalue weighted by Gasteiger charge is -2.29. The molecule has 0 aliphatic rings. The monoisotopic (exact) mass is 717 g/mol. The first-order chi connectivity index (χ1) is 23.9. The number of hydrogen-bond acceptors (Lipinski definition) is 9. The molecule has 274 valence electrons. The average molecular weight is 718 g/mol. The summed E-state index contributed by atoms with van der Waals surface area (Å²) in [6.07, 6.45) is -0.230. The minimum Gasteiger partial charge on any atom is -0.458 e. The number of ether oxygens (including phenoxy) is 3. The average Bonchev–Trinajstić information content (AvgIpc) is 3.08. The Morgan fingerprint density at radius 3 is 2.06 bits per heavy atom. The SMILES string of the molecule is CCCC(CCC)S(=O)(=O)C[C@@H](NC(=O)OCc1ccccc1)C(=O)O[C@H](CNC(COC)c1ccccc1)[C@@H](N)Cc1cc(F)cc(F)c1. The fourth-order valence-electron chi connectivity index (χ4n) is 5.62. The Morgan fingerprint density at radius 2 is 1.48 bits per heavy atom. The van der Waals surface area contributed by atoms with Gasteiger partial charge in [0.1, 0.15) is 30.4 Å². The number of rotatable bonds is 21. The smallest absolute Gasteiger partial charge is 0.408 e. The minimum absolute atomic E-state index is 0.0418. The maximum absolute atomic E-state index is 14.0. The van der Waals surface area contributed by atoms with Crippen LogP contribution in [0.2, 0.25) is 0 Å². The van der Waals surface area contributed by atoms with E-state index in [9.17, 15) is 26.8 Å². The molecule has 50 heavy (non-hydrogen) atoms. The van der Waals surface area contributed by atoms with Crippen LogP contribution in [0.1, 0.15) is 62.3 Å². The van der Waals surface area contributed by atoms with Crippen LogP contribution in [-0.2, 0) is 41.9 Å². The summed E-state index contributed by atoms with van der Waals surface area (Å²) in [5.41, 5.74) is 8.34. The second kappa shape index (κ2) is 20.7. The van der Waals surface area contributed by atoms with Crippen molar-refractivity contribution in [1.29, 1.82) is 0 Å². The third-order valence-corrected chi connectivity index (χ3v) is 10.4. The summed E-state index contributed by atoms with van der Waals surface area (Å²) in [4.78, 5) is 26.8. The van der Waals surface area contributed by atoms with Crippen molar-refractivity contribution in [3.8, 4) is 0 Å². The molecule has 3 aromatic carbocycles. The zero-order valence-electron chi connectivity index (χ0n) is 28.9. The van der Waals surface area contributed by atoms with Crippen molar-refractivity contribution in [2.24, 2.45) is 5.73 Å². The van der Waals surface area contributed by atoms with E-state index >= 15 is 0 Å². The third-order valence-electron chi connectivity index (χ3n) is 8.16. The molecule has 0 heterocycles. The molecular weight excluding hydrogens is 668 g/mol. The normalized spacial score (nSPS) is 14.1. The maximum atomic E-state index is 14.0. The van der Waals surface area contributed by atoms with Crippen LogP contribution in [0.15, 0.2) is 78.9 Å². The first kappa shape index (κ1) is 40.5. The van der Waals surface area contributed by atoms with Gasteiger partial charge in [-0.2, -0.15) is 0 Å². The summed E-state index contributed by atoms with van der Waals surface area (Å²) >= 11 is 0. The van der Waals surface area contributed by atoms with E-state index in [0.29, 0.717) is 31.2 Å². The number of nitrogens with two attached hydrogens (primary N) is 1. The largest absolute Gasteiger partial charge is 0.458 e. The van der Waals surface area contributed by atoms with Gasteiger partial charge in [-0.1, -0.05) is 87.4 Å². The first-order valence-electron chi connectivity index (χ1n) is 16.8. The second-order valence-corrected chi connectivity index (χ2v) is 14.6. The van der Waals surface area contributed by atoms with Crippen LogP contribution in [0.3, 0.4) is 0 Å². The molecule has 0 aliphatic heterocycles. The Bertz CT molecular complexity index is 1560. The maximum Gasteiger partial charge on any atom is 0.408 e. The molecule has 10 nitrogen and oxygen atoms in total. The number of alkyl carbamates (subject to hydrolysis) is 1. The Labute approximate surface area is 294 Å². The quantitative estimate of drug-likeness (QED) is 0.123. The highest BCUT2D eigenvalue weighted by atomic mass is 32.2. The topological polar surface area (TPSA) is 146 Å². The van der Waals surface area contributed by atoms with E-state index in [1.165, 1.54) is 7.11 Å². The molecule has 1 amide bonds. The molecule has 3 aromatic rings. The summed E-state index contributed by atoms with van der Waals surface area (Å²) in [6, 6.07) is 18.2. The molecular formula is C37H49F2N3O7S. The number of methoxy groups -OCH3 is 1. The Morgan fingerprint density at radius 1 is 0.880 bits per heavy atom. The molecule has 4 N–H and O–H groups in total. The van der Waals surface area contributed by atoms with E-state index in [-0.39, 0.29) is 37.8 Å². The molecule has 4 atom stereocenters. The van der Waals surface area contributed by atoms with Crippen molar-refractivity contribution in [2.45, 2.75) is 82.0 Å². The second-order valence-electron chi connectivity index (χ2n) is 12.2. The molecule has 0 bridgehead atoms. The van der Waals surface area contributed by atoms with Gasteiger partial charge < -0.3 is 30.6 Å². The van der Waals surface area contributed by atoms with Crippen LogP contribution in [0, 0.1) is 11.6 Å². The predicted molar refractivity (Wildman–Crippen MR) is 188 cm³/mol. The number of nitrogens with one attached hydrogen (secondary N) is 2. The molecule has 3 rings (SSSR count). The number of carbonyl (C=O) groups excluding carboxylic acids is 2. The van der Waals surface area contributed by atoms with Crippen LogP contribution >= 0.6 is 0 Å². The first-order valence-corrected chi connectivity index (χ1v) is 18.5. The molecule has 0 fully saturated rings. The van der Waals surface area contributed by atoms with Crippen molar-refractivity contribution < 1.29 is 41.0 Å². The highest BCUT2D eigenvalue weighted by Gasteiger charge is 2.36. The van der Waals surface area contributed by atoms with E-state index in [4.69, 9.17) is 19.9 Å². The summed E-state index contributed by atoms with van der Waals surface area (Å²) in [5.74, 6) is -3.36. The zero-order chi connectivity index (χ0) is 36.5.